The molecule has 0 unspecified atom stereocenters. The molecule has 2 aliphatic heterocycles. The van der Waals surface area contributed by atoms with Crippen molar-refractivity contribution in [3.63, 3.8) is 0 Å². The first-order chi connectivity index (χ1) is 11.8. The van der Waals surface area contributed by atoms with Gasteiger partial charge in [-0.25, -0.2) is 8.42 Å². The Balaban J connectivity index is 1.72. The number of rotatable bonds is 3. The van der Waals surface area contributed by atoms with Crippen molar-refractivity contribution in [2.45, 2.75) is 44.4 Å². The van der Waals surface area contributed by atoms with Gasteiger partial charge in [0.1, 0.15) is 4.90 Å². The maximum atomic E-state index is 13.0. The standard InChI is InChI=1S/C17H28N4O3S/c1-13-6-9-20(10-7-13)17(22)15-5-4-8-21(12-15)25(23,24)16-11-18-19(3)14(16)2/h11,13,15H,4-10,12H2,1-3H3/t15-/m1/s1. The Labute approximate surface area is 150 Å². The van der Waals surface area contributed by atoms with Gasteiger partial charge in [0.05, 0.1) is 17.8 Å². The molecule has 3 heterocycles. The van der Waals surface area contributed by atoms with E-state index in [0.717, 1.165) is 38.8 Å². The highest BCUT2D eigenvalue weighted by atomic mass is 32.2. The van der Waals surface area contributed by atoms with E-state index < -0.39 is 10.0 Å². The summed E-state index contributed by atoms with van der Waals surface area (Å²) in [6.45, 7) is 6.31. The van der Waals surface area contributed by atoms with Gasteiger partial charge < -0.3 is 4.90 Å². The maximum Gasteiger partial charge on any atom is 0.246 e. The van der Waals surface area contributed by atoms with Crippen LogP contribution in [0.2, 0.25) is 0 Å². The summed E-state index contributed by atoms with van der Waals surface area (Å²) < 4.78 is 28.9. The second-order valence-corrected chi connectivity index (χ2v) is 9.33. The van der Waals surface area contributed by atoms with Crippen LogP contribution in [0.3, 0.4) is 0 Å². The lowest BCUT2D eigenvalue weighted by Crippen LogP contribution is -2.48. The van der Waals surface area contributed by atoms with Crippen LogP contribution in [0.15, 0.2) is 11.1 Å². The molecule has 0 spiro atoms. The third-order valence-corrected chi connectivity index (χ3v) is 7.60. The lowest BCUT2D eigenvalue weighted by atomic mass is 9.94. The van der Waals surface area contributed by atoms with Crippen LogP contribution in [-0.2, 0) is 21.9 Å². The fraction of sp³-hybridized carbons (Fsp3) is 0.765. The highest BCUT2D eigenvalue weighted by Gasteiger charge is 2.36. The summed E-state index contributed by atoms with van der Waals surface area (Å²) in [5.41, 5.74) is 0.624. The van der Waals surface area contributed by atoms with Crippen LogP contribution in [0.1, 0.15) is 38.3 Å². The van der Waals surface area contributed by atoms with E-state index in [4.69, 9.17) is 0 Å². The fourth-order valence-electron chi connectivity index (χ4n) is 3.72. The number of carbonyl (C=O) groups excluding carboxylic acids is 1. The molecule has 8 heteroatoms. The third-order valence-electron chi connectivity index (χ3n) is 5.64. The lowest BCUT2D eigenvalue weighted by molar-refractivity contribution is -0.138. The van der Waals surface area contributed by atoms with Gasteiger partial charge in [0.25, 0.3) is 0 Å². The van der Waals surface area contributed by atoms with Crippen molar-refractivity contribution in [3.05, 3.63) is 11.9 Å². The van der Waals surface area contributed by atoms with Crippen molar-refractivity contribution in [2.75, 3.05) is 26.2 Å². The Hall–Kier alpha value is -1.41. The summed E-state index contributed by atoms with van der Waals surface area (Å²) in [5, 5.41) is 4.05. The van der Waals surface area contributed by atoms with E-state index >= 15 is 0 Å². The number of aromatic nitrogens is 2. The molecule has 1 amide bonds. The van der Waals surface area contributed by atoms with Gasteiger partial charge in [-0.3, -0.25) is 9.48 Å². The molecule has 0 saturated carbocycles. The second kappa shape index (κ2) is 7.07. The van der Waals surface area contributed by atoms with Gasteiger partial charge in [-0.15, -0.1) is 0 Å². The summed E-state index contributed by atoms with van der Waals surface area (Å²) in [7, 11) is -1.87. The Morgan fingerprint density at radius 1 is 1.20 bits per heavy atom. The lowest BCUT2D eigenvalue weighted by Gasteiger charge is -2.36. The number of piperidine rings is 2. The van der Waals surface area contributed by atoms with Crippen LogP contribution in [0.4, 0.5) is 0 Å². The summed E-state index contributed by atoms with van der Waals surface area (Å²) in [4.78, 5) is 15.0. The van der Waals surface area contributed by atoms with Gasteiger partial charge in [-0.05, 0) is 38.5 Å². The van der Waals surface area contributed by atoms with Crippen LogP contribution in [0.25, 0.3) is 0 Å². The molecular formula is C17H28N4O3S. The van der Waals surface area contributed by atoms with Gasteiger partial charge in [0.2, 0.25) is 15.9 Å². The molecule has 3 rings (SSSR count). The first-order valence-corrected chi connectivity index (χ1v) is 10.5. The normalized spacial score (nSPS) is 23.8. The number of likely N-dealkylation sites (tertiary alicyclic amines) is 1. The van der Waals surface area contributed by atoms with Gasteiger partial charge in [0, 0.05) is 33.2 Å². The molecule has 1 aromatic heterocycles. The van der Waals surface area contributed by atoms with E-state index in [0.29, 0.717) is 18.2 Å². The van der Waals surface area contributed by atoms with Crippen LogP contribution >= 0.6 is 0 Å². The predicted octanol–water partition coefficient (Wildman–Crippen LogP) is 1.39. The summed E-state index contributed by atoms with van der Waals surface area (Å²) in [6, 6.07) is 0. The van der Waals surface area contributed by atoms with Crippen molar-refractivity contribution in [2.24, 2.45) is 18.9 Å². The molecule has 0 aliphatic carbocycles. The minimum Gasteiger partial charge on any atom is -0.342 e. The first-order valence-electron chi connectivity index (χ1n) is 9.08. The quantitative estimate of drug-likeness (QED) is 0.808. The molecule has 25 heavy (non-hydrogen) atoms. The summed E-state index contributed by atoms with van der Waals surface area (Å²) in [5.74, 6) is 0.560. The van der Waals surface area contributed by atoms with E-state index in [9.17, 15) is 13.2 Å². The number of amides is 1. The average molecular weight is 369 g/mol. The Morgan fingerprint density at radius 2 is 1.88 bits per heavy atom. The molecule has 1 aromatic rings. The van der Waals surface area contributed by atoms with Crippen LogP contribution in [0, 0.1) is 18.8 Å². The zero-order valence-electron chi connectivity index (χ0n) is 15.3. The molecule has 2 aliphatic rings. The van der Waals surface area contributed by atoms with E-state index in [1.54, 1.807) is 18.7 Å². The number of hydrogen-bond donors (Lipinski definition) is 0. The Bertz CT molecular complexity index is 735. The van der Waals surface area contributed by atoms with Crippen molar-refractivity contribution < 1.29 is 13.2 Å². The van der Waals surface area contributed by atoms with Crippen molar-refractivity contribution in [1.82, 2.24) is 19.0 Å². The zero-order chi connectivity index (χ0) is 18.2. The van der Waals surface area contributed by atoms with E-state index in [-0.39, 0.29) is 23.3 Å². The van der Waals surface area contributed by atoms with Crippen molar-refractivity contribution in [3.8, 4) is 0 Å². The average Bonchev–Trinajstić information content (AvgIpc) is 2.95. The number of carbonyl (C=O) groups is 1. The topological polar surface area (TPSA) is 75.5 Å². The van der Waals surface area contributed by atoms with Crippen LogP contribution in [0.5, 0.6) is 0 Å². The SMILES string of the molecule is Cc1c(S(=O)(=O)N2CCC[C@@H](C(=O)N3CCC(C)CC3)C2)cnn1C. The summed E-state index contributed by atoms with van der Waals surface area (Å²) >= 11 is 0. The molecule has 2 fully saturated rings. The molecule has 1 atom stereocenters. The first kappa shape index (κ1) is 18.4. The number of aryl methyl sites for hydroxylation is 1. The monoisotopic (exact) mass is 368 g/mol. The molecule has 0 bridgehead atoms. The van der Waals surface area contributed by atoms with Crippen molar-refractivity contribution in [1.29, 1.82) is 0 Å². The molecule has 0 N–H and O–H groups in total. The number of sulfonamides is 1. The molecule has 7 nitrogen and oxygen atoms in total. The molecule has 140 valence electrons. The Kier molecular flexibility index (Phi) is 5.20. The minimum absolute atomic E-state index is 0.120. The number of nitrogens with zero attached hydrogens (tertiary/aromatic N) is 4. The third kappa shape index (κ3) is 3.60. The highest BCUT2D eigenvalue weighted by molar-refractivity contribution is 7.89. The van der Waals surface area contributed by atoms with Gasteiger partial charge in [0.15, 0.2) is 0 Å². The second-order valence-electron chi connectivity index (χ2n) is 7.43. The van der Waals surface area contributed by atoms with E-state index in [2.05, 4.69) is 12.0 Å². The fourth-order valence-corrected chi connectivity index (χ4v) is 5.43. The minimum atomic E-state index is -3.60. The highest BCUT2D eigenvalue weighted by Crippen LogP contribution is 2.27. The van der Waals surface area contributed by atoms with Gasteiger partial charge in [-0.1, -0.05) is 6.92 Å². The molecular weight excluding hydrogens is 340 g/mol. The zero-order valence-corrected chi connectivity index (χ0v) is 16.1. The van der Waals surface area contributed by atoms with Crippen molar-refractivity contribution >= 4 is 15.9 Å². The Morgan fingerprint density at radius 3 is 2.48 bits per heavy atom. The predicted molar refractivity (Wildman–Crippen MR) is 94.4 cm³/mol. The van der Waals surface area contributed by atoms with Gasteiger partial charge >= 0.3 is 0 Å². The number of hydrogen-bond acceptors (Lipinski definition) is 4. The summed E-state index contributed by atoms with van der Waals surface area (Å²) in [6.07, 6.45) is 4.97. The van der Waals surface area contributed by atoms with E-state index in [1.165, 1.54) is 10.5 Å². The van der Waals surface area contributed by atoms with Crippen LogP contribution in [-0.4, -0.2) is 59.5 Å². The molecule has 0 aromatic carbocycles. The molecule has 2 saturated heterocycles. The van der Waals surface area contributed by atoms with Crippen LogP contribution < -0.4 is 0 Å². The van der Waals surface area contributed by atoms with E-state index in [1.807, 2.05) is 4.90 Å². The van der Waals surface area contributed by atoms with Gasteiger partial charge in [-0.2, -0.15) is 9.40 Å². The molecule has 0 radical (unpaired) electrons. The maximum absolute atomic E-state index is 13.0. The smallest absolute Gasteiger partial charge is 0.246 e. The largest absolute Gasteiger partial charge is 0.342 e.